The van der Waals surface area contributed by atoms with E-state index in [1.165, 1.54) is 16.2 Å². The highest BCUT2D eigenvalue weighted by Crippen LogP contribution is 2.54. The molecule has 39 heavy (non-hydrogen) atoms. The van der Waals surface area contributed by atoms with Crippen LogP contribution < -0.4 is 4.74 Å². The summed E-state index contributed by atoms with van der Waals surface area (Å²) < 4.78 is 17.0. The molecule has 1 saturated heterocycles. The number of methoxy groups -OCH3 is 1. The Morgan fingerprint density at radius 3 is 2.31 bits per heavy atom. The largest absolute Gasteiger partial charge is 0.496 e. The molecule has 10 heteroatoms. The molecule has 1 amide bonds. The van der Waals surface area contributed by atoms with Crippen molar-refractivity contribution >= 4 is 45.1 Å². The number of alkyl halides is 1. The van der Waals surface area contributed by atoms with Crippen molar-refractivity contribution in [2.75, 3.05) is 19.0 Å². The number of rotatable bonds is 7. The summed E-state index contributed by atoms with van der Waals surface area (Å²) in [5, 5.41) is 2.58. The Morgan fingerprint density at radius 2 is 1.82 bits per heavy atom. The molecule has 1 aliphatic rings. The number of hydrogen-bond acceptors (Lipinski definition) is 8. The number of halogens is 1. The molecule has 0 aliphatic carbocycles. The highest BCUT2D eigenvalue weighted by Gasteiger charge is 2.66. The Bertz CT molecular complexity index is 1200. The average Bonchev–Trinajstić information content (AvgIpc) is 3.46. The number of amides is 1. The van der Waals surface area contributed by atoms with Gasteiger partial charge in [0, 0.05) is 28.4 Å². The van der Waals surface area contributed by atoms with Crippen molar-refractivity contribution in [3.05, 3.63) is 45.9 Å². The van der Waals surface area contributed by atoms with Crippen molar-refractivity contribution < 1.29 is 28.6 Å². The van der Waals surface area contributed by atoms with Gasteiger partial charge in [-0.2, -0.15) is 0 Å². The molecular weight excluding hydrogens is 584 g/mol. The lowest BCUT2D eigenvalue weighted by molar-refractivity contribution is -0.168. The van der Waals surface area contributed by atoms with Gasteiger partial charge in [0.25, 0.3) is 5.91 Å². The van der Waals surface area contributed by atoms with E-state index >= 15 is 0 Å². The predicted molar refractivity (Wildman–Crippen MR) is 154 cm³/mol. The summed E-state index contributed by atoms with van der Waals surface area (Å²) >= 11 is 4.87. The molecule has 3 rings (SSSR count). The first-order valence-corrected chi connectivity index (χ1v) is 15.0. The van der Waals surface area contributed by atoms with Crippen LogP contribution in [0.1, 0.15) is 82.4 Å². The second-order valence-electron chi connectivity index (χ2n) is 11.8. The van der Waals surface area contributed by atoms with E-state index in [2.05, 4.69) is 41.7 Å². The third-order valence-corrected chi connectivity index (χ3v) is 8.53. The number of thiazole rings is 1. The molecule has 0 bridgehead atoms. The summed E-state index contributed by atoms with van der Waals surface area (Å²) in [6.45, 7) is 15.1. The van der Waals surface area contributed by atoms with Gasteiger partial charge in [-0.05, 0) is 57.7 Å². The summed E-state index contributed by atoms with van der Waals surface area (Å²) in [5.74, 6) is -2.46. The zero-order chi connectivity index (χ0) is 29.3. The lowest BCUT2D eigenvalue weighted by atomic mass is 9.80. The number of ether oxygens (including phenoxy) is 3. The van der Waals surface area contributed by atoms with Crippen LogP contribution in [0.15, 0.2) is 29.8 Å². The fourth-order valence-electron chi connectivity index (χ4n) is 5.17. The molecule has 2 aromatic rings. The number of nitrogens with zero attached hydrogens (tertiary/aromatic N) is 2. The van der Waals surface area contributed by atoms with Gasteiger partial charge in [-0.1, -0.05) is 42.8 Å². The van der Waals surface area contributed by atoms with Gasteiger partial charge in [-0.25, -0.2) is 9.78 Å². The molecule has 0 radical (unpaired) electrons. The Labute approximate surface area is 243 Å². The van der Waals surface area contributed by atoms with Crippen molar-refractivity contribution in [1.82, 2.24) is 9.88 Å². The summed E-state index contributed by atoms with van der Waals surface area (Å²) in [7, 11) is 1.57. The molecule has 1 aliphatic heterocycles. The zero-order valence-corrected chi connectivity index (χ0v) is 26.6. The fourth-order valence-corrected chi connectivity index (χ4v) is 6.98. The summed E-state index contributed by atoms with van der Waals surface area (Å²) in [6, 6.07) is 4.46. The number of esters is 2. The third-order valence-electron chi connectivity index (χ3n) is 6.99. The standard InChI is InChI=1S/C29H39BrN2O6S/c1-10-37-25(34)21-19(16-30)29(8,26(35)38-28(5,6)7)32(22(21)23-31-13-14-39-23)24(33)17-11-12-18(27(2,3)4)20(15-17)36-9/h11-15,19,21-22H,10,16H2,1-9H3/t19-,21-,22+,29-/m0/s1. The molecule has 1 aromatic heterocycles. The van der Waals surface area contributed by atoms with Crippen LogP contribution in [0.5, 0.6) is 5.75 Å². The Balaban J connectivity index is 2.29. The van der Waals surface area contributed by atoms with E-state index in [9.17, 15) is 14.4 Å². The van der Waals surface area contributed by atoms with Gasteiger partial charge in [-0.15, -0.1) is 11.3 Å². The van der Waals surface area contributed by atoms with E-state index in [4.69, 9.17) is 14.2 Å². The van der Waals surface area contributed by atoms with E-state index in [0.717, 1.165) is 5.56 Å². The first-order chi connectivity index (χ1) is 18.1. The van der Waals surface area contributed by atoms with Gasteiger partial charge in [0.15, 0.2) is 0 Å². The SMILES string of the molecule is CCOC(=O)[C@@H]1[C@H](c2nccs2)N(C(=O)c2ccc(C(C)(C)C)c(OC)c2)[C@](C)(C(=O)OC(C)(C)C)[C@H]1CBr. The third kappa shape index (κ3) is 6.01. The molecule has 1 aromatic carbocycles. The topological polar surface area (TPSA) is 95.0 Å². The first-order valence-electron chi connectivity index (χ1n) is 13.0. The van der Waals surface area contributed by atoms with Gasteiger partial charge in [0.05, 0.1) is 25.7 Å². The van der Waals surface area contributed by atoms with E-state index in [1.54, 1.807) is 65.4 Å². The van der Waals surface area contributed by atoms with Crippen molar-refractivity contribution in [1.29, 1.82) is 0 Å². The Kier molecular flexibility index (Phi) is 9.22. The molecule has 4 atom stereocenters. The van der Waals surface area contributed by atoms with Crippen LogP contribution in [-0.2, 0) is 24.5 Å². The predicted octanol–water partition coefficient (Wildman–Crippen LogP) is 5.94. The van der Waals surface area contributed by atoms with Crippen LogP contribution in [0.3, 0.4) is 0 Å². The van der Waals surface area contributed by atoms with Crippen molar-refractivity contribution in [3.63, 3.8) is 0 Å². The monoisotopic (exact) mass is 622 g/mol. The van der Waals surface area contributed by atoms with Crippen LogP contribution in [0.4, 0.5) is 0 Å². The first kappa shape index (κ1) is 31.1. The molecule has 0 unspecified atom stereocenters. The smallest absolute Gasteiger partial charge is 0.332 e. The number of benzene rings is 1. The molecule has 0 saturated carbocycles. The maximum absolute atomic E-state index is 14.5. The summed E-state index contributed by atoms with van der Waals surface area (Å²) in [5.41, 5.74) is -1.28. The number of carbonyl (C=O) groups is 3. The normalized spacial score (nSPS) is 23.4. The van der Waals surface area contributed by atoms with E-state index in [-0.39, 0.29) is 17.4 Å². The molecular formula is C29H39BrN2O6S. The minimum absolute atomic E-state index is 0.164. The minimum atomic E-state index is -1.52. The van der Waals surface area contributed by atoms with Crippen LogP contribution in [0, 0.1) is 11.8 Å². The highest BCUT2D eigenvalue weighted by molar-refractivity contribution is 9.09. The van der Waals surface area contributed by atoms with Gasteiger partial charge in [-0.3, -0.25) is 9.59 Å². The second kappa shape index (κ2) is 11.6. The van der Waals surface area contributed by atoms with Crippen molar-refractivity contribution in [2.45, 2.75) is 78.0 Å². The second-order valence-corrected chi connectivity index (χ2v) is 13.4. The zero-order valence-electron chi connectivity index (χ0n) is 24.2. The van der Waals surface area contributed by atoms with Crippen LogP contribution in [0.2, 0.25) is 0 Å². The van der Waals surface area contributed by atoms with Gasteiger partial charge >= 0.3 is 11.9 Å². The van der Waals surface area contributed by atoms with Crippen LogP contribution in [0.25, 0.3) is 0 Å². The maximum Gasteiger partial charge on any atom is 0.332 e. The quantitative estimate of drug-likeness (QED) is 0.279. The molecule has 8 nitrogen and oxygen atoms in total. The molecule has 0 spiro atoms. The Morgan fingerprint density at radius 1 is 1.15 bits per heavy atom. The molecule has 214 valence electrons. The van der Waals surface area contributed by atoms with E-state index in [1.807, 2.05) is 6.07 Å². The highest BCUT2D eigenvalue weighted by atomic mass is 79.9. The maximum atomic E-state index is 14.5. The summed E-state index contributed by atoms with van der Waals surface area (Å²) in [4.78, 5) is 48.0. The number of hydrogen-bond donors (Lipinski definition) is 0. The van der Waals surface area contributed by atoms with Crippen LogP contribution >= 0.6 is 27.3 Å². The fraction of sp³-hybridized carbons (Fsp3) is 0.586. The minimum Gasteiger partial charge on any atom is -0.496 e. The lowest BCUT2D eigenvalue weighted by Gasteiger charge is -2.40. The van der Waals surface area contributed by atoms with E-state index < -0.39 is 46.9 Å². The number of carbonyl (C=O) groups excluding carboxylic acids is 3. The van der Waals surface area contributed by atoms with Gasteiger partial charge < -0.3 is 19.1 Å². The Hall–Kier alpha value is -2.46. The van der Waals surface area contributed by atoms with E-state index in [0.29, 0.717) is 16.3 Å². The number of aromatic nitrogens is 1. The number of likely N-dealkylation sites (tertiary alicyclic amines) is 1. The van der Waals surface area contributed by atoms with Crippen LogP contribution in [-0.4, -0.2) is 57.9 Å². The molecule has 1 fully saturated rings. The van der Waals surface area contributed by atoms with Gasteiger partial charge in [0.1, 0.15) is 21.9 Å². The lowest BCUT2D eigenvalue weighted by Crippen LogP contribution is -2.57. The van der Waals surface area contributed by atoms with Crippen molar-refractivity contribution in [3.8, 4) is 5.75 Å². The molecule has 2 heterocycles. The van der Waals surface area contributed by atoms with Crippen molar-refractivity contribution in [2.24, 2.45) is 11.8 Å². The molecule has 0 N–H and O–H groups in total. The van der Waals surface area contributed by atoms with Gasteiger partial charge in [0.2, 0.25) is 0 Å². The summed E-state index contributed by atoms with van der Waals surface area (Å²) in [6.07, 6.45) is 1.62. The average molecular weight is 624 g/mol.